The first kappa shape index (κ1) is 35.0. The smallest absolute Gasteiger partial charge is 0.164 e. The second kappa shape index (κ2) is 14.1. The van der Waals surface area contributed by atoms with E-state index in [1.807, 2.05) is 0 Å². The van der Waals surface area contributed by atoms with Crippen molar-refractivity contribution in [3.8, 4) is 89.8 Å². The minimum Gasteiger partial charge on any atom is -0.208 e. The van der Waals surface area contributed by atoms with Crippen LogP contribution in [0.25, 0.3) is 89.8 Å². The molecule has 0 atom stereocenters. The van der Waals surface area contributed by atoms with Crippen LogP contribution in [0.15, 0.2) is 224 Å². The van der Waals surface area contributed by atoms with Crippen molar-refractivity contribution < 1.29 is 0 Å². The van der Waals surface area contributed by atoms with E-state index in [4.69, 9.17) is 15.0 Å². The highest BCUT2D eigenvalue weighted by atomic mass is 15.0. The molecular weight excluding hydrogens is 739 g/mol. The van der Waals surface area contributed by atoms with Crippen LogP contribution in [0.2, 0.25) is 0 Å². The average molecular weight is 776 g/mol. The predicted octanol–water partition coefficient (Wildman–Crippen LogP) is 14.2. The Morgan fingerprint density at radius 2 is 0.574 bits per heavy atom. The summed E-state index contributed by atoms with van der Waals surface area (Å²) in [5.41, 5.74) is 19.0. The lowest BCUT2D eigenvalue weighted by Crippen LogP contribution is -2.26. The number of rotatable bonds is 6. The second-order valence-corrected chi connectivity index (χ2v) is 15.9. The third kappa shape index (κ3) is 5.55. The highest BCUT2D eigenvalue weighted by Crippen LogP contribution is 2.64. The van der Waals surface area contributed by atoms with Crippen molar-refractivity contribution in [2.45, 2.75) is 5.41 Å². The standard InChI is InChI=1S/C58H37N3/c1-4-18-38(19-5-1)41-24-16-25-42(34-41)55-59-56(45-36-43(39-20-6-2-7-21-39)35-44(37-45)40-22-8-3-9-23-40)61-57(60-55)50-30-17-29-49-48-28-12-15-33-53(48)58(54(49)50)51-31-13-10-26-46(51)47-27-11-14-32-52(47)58/h1-37H. The van der Waals surface area contributed by atoms with Gasteiger partial charge >= 0.3 is 0 Å². The topological polar surface area (TPSA) is 38.7 Å². The lowest BCUT2D eigenvalue weighted by molar-refractivity contribution is 0.794. The first-order valence-electron chi connectivity index (χ1n) is 20.9. The van der Waals surface area contributed by atoms with Crippen LogP contribution >= 0.6 is 0 Å². The molecule has 0 saturated heterocycles. The predicted molar refractivity (Wildman–Crippen MR) is 249 cm³/mol. The molecular formula is C58H37N3. The largest absolute Gasteiger partial charge is 0.208 e. The van der Waals surface area contributed by atoms with Crippen LogP contribution in [0.4, 0.5) is 0 Å². The van der Waals surface area contributed by atoms with E-state index in [1.165, 1.54) is 44.5 Å². The van der Waals surface area contributed by atoms with Crippen molar-refractivity contribution in [3.63, 3.8) is 0 Å². The van der Waals surface area contributed by atoms with E-state index in [0.717, 1.165) is 50.1 Å². The van der Waals surface area contributed by atoms with E-state index in [-0.39, 0.29) is 0 Å². The van der Waals surface area contributed by atoms with Gasteiger partial charge in [-0.05, 0) is 102 Å². The zero-order valence-electron chi connectivity index (χ0n) is 33.2. The van der Waals surface area contributed by atoms with Crippen LogP contribution in [0, 0.1) is 0 Å². The first-order valence-corrected chi connectivity index (χ1v) is 20.9. The van der Waals surface area contributed by atoms with Gasteiger partial charge in [-0.15, -0.1) is 0 Å². The molecule has 0 radical (unpaired) electrons. The Balaban J connectivity index is 1.15. The highest BCUT2D eigenvalue weighted by Gasteiger charge is 2.52. The minimum atomic E-state index is -0.566. The van der Waals surface area contributed by atoms with Crippen molar-refractivity contribution in [1.82, 2.24) is 15.0 Å². The fraction of sp³-hybridized carbons (Fsp3) is 0.0172. The highest BCUT2D eigenvalue weighted by molar-refractivity contribution is 5.98. The minimum absolute atomic E-state index is 0.566. The van der Waals surface area contributed by atoms with Crippen LogP contribution in [-0.2, 0) is 5.41 Å². The average Bonchev–Trinajstić information content (AvgIpc) is 3.82. The van der Waals surface area contributed by atoms with Gasteiger partial charge in [0.25, 0.3) is 0 Å². The van der Waals surface area contributed by atoms with Gasteiger partial charge in [0, 0.05) is 16.7 Å². The molecule has 2 aliphatic carbocycles. The molecule has 3 nitrogen and oxygen atoms in total. The lowest BCUT2D eigenvalue weighted by atomic mass is 9.69. The molecule has 1 heterocycles. The Morgan fingerprint density at radius 3 is 1.13 bits per heavy atom. The van der Waals surface area contributed by atoms with Crippen LogP contribution in [0.1, 0.15) is 22.3 Å². The van der Waals surface area contributed by atoms with Crippen LogP contribution in [-0.4, -0.2) is 15.0 Å². The molecule has 0 amide bonds. The zero-order chi connectivity index (χ0) is 40.3. The van der Waals surface area contributed by atoms with Crippen molar-refractivity contribution in [2.75, 3.05) is 0 Å². The Hall–Kier alpha value is -8.01. The summed E-state index contributed by atoms with van der Waals surface area (Å²) in [6.07, 6.45) is 0. The molecule has 0 N–H and O–H groups in total. The fourth-order valence-corrected chi connectivity index (χ4v) is 9.92. The monoisotopic (exact) mass is 775 g/mol. The van der Waals surface area contributed by atoms with Gasteiger partial charge in [0.1, 0.15) is 0 Å². The Labute approximate surface area is 355 Å². The fourth-order valence-electron chi connectivity index (χ4n) is 9.92. The number of aromatic nitrogens is 3. The summed E-state index contributed by atoms with van der Waals surface area (Å²) in [5.74, 6) is 1.88. The van der Waals surface area contributed by atoms with Crippen molar-refractivity contribution in [2.24, 2.45) is 0 Å². The normalized spacial score (nSPS) is 12.7. The first-order chi connectivity index (χ1) is 30.2. The van der Waals surface area contributed by atoms with Gasteiger partial charge in [0.05, 0.1) is 5.41 Å². The van der Waals surface area contributed by atoms with Gasteiger partial charge in [-0.2, -0.15) is 0 Å². The number of nitrogens with zero attached hydrogens (tertiary/aromatic N) is 3. The quantitative estimate of drug-likeness (QED) is 0.169. The maximum atomic E-state index is 5.53. The molecule has 3 heteroatoms. The maximum absolute atomic E-state index is 5.53. The van der Waals surface area contributed by atoms with Crippen molar-refractivity contribution in [3.05, 3.63) is 247 Å². The summed E-state index contributed by atoms with van der Waals surface area (Å²) < 4.78 is 0. The van der Waals surface area contributed by atoms with Gasteiger partial charge < -0.3 is 0 Å². The van der Waals surface area contributed by atoms with Gasteiger partial charge in [0.2, 0.25) is 0 Å². The number of benzene rings is 9. The zero-order valence-corrected chi connectivity index (χ0v) is 33.2. The van der Waals surface area contributed by atoms with Crippen LogP contribution in [0.3, 0.4) is 0 Å². The molecule has 61 heavy (non-hydrogen) atoms. The van der Waals surface area contributed by atoms with E-state index in [9.17, 15) is 0 Å². The third-order valence-electron chi connectivity index (χ3n) is 12.5. The molecule has 10 aromatic rings. The van der Waals surface area contributed by atoms with Crippen molar-refractivity contribution >= 4 is 0 Å². The number of fused-ring (bicyclic) bond motifs is 10. The molecule has 0 fully saturated rings. The molecule has 0 aliphatic heterocycles. The molecule has 2 aliphatic rings. The SMILES string of the molecule is c1ccc(-c2cccc(-c3nc(-c4cc(-c5ccccc5)cc(-c5ccccc5)c4)nc(-c4cccc5c4C4(c6ccccc6-c6ccccc64)c4ccccc4-5)n3)c2)cc1. The number of hydrogen-bond donors (Lipinski definition) is 0. The maximum Gasteiger partial charge on any atom is 0.164 e. The van der Waals surface area contributed by atoms with E-state index in [1.54, 1.807) is 0 Å². The summed E-state index contributed by atoms with van der Waals surface area (Å²) in [4.78, 5) is 16.4. The van der Waals surface area contributed by atoms with Gasteiger partial charge in [-0.1, -0.05) is 200 Å². The summed E-state index contributed by atoms with van der Waals surface area (Å²) in [5, 5.41) is 0. The van der Waals surface area contributed by atoms with Gasteiger partial charge in [-0.25, -0.2) is 15.0 Å². The lowest BCUT2D eigenvalue weighted by Gasteiger charge is -2.31. The molecule has 0 saturated carbocycles. The molecule has 12 rings (SSSR count). The third-order valence-corrected chi connectivity index (χ3v) is 12.5. The van der Waals surface area contributed by atoms with Crippen molar-refractivity contribution in [1.29, 1.82) is 0 Å². The second-order valence-electron chi connectivity index (χ2n) is 15.9. The number of hydrogen-bond acceptors (Lipinski definition) is 3. The van der Waals surface area contributed by atoms with Gasteiger partial charge in [-0.3, -0.25) is 0 Å². The van der Waals surface area contributed by atoms with E-state index in [0.29, 0.717) is 17.5 Å². The Morgan fingerprint density at radius 1 is 0.230 bits per heavy atom. The van der Waals surface area contributed by atoms with E-state index in [2.05, 4.69) is 224 Å². The summed E-state index contributed by atoms with van der Waals surface area (Å²) in [6, 6.07) is 80.3. The molecule has 0 bridgehead atoms. The van der Waals surface area contributed by atoms with E-state index >= 15 is 0 Å². The van der Waals surface area contributed by atoms with E-state index < -0.39 is 5.41 Å². The molecule has 9 aromatic carbocycles. The summed E-state index contributed by atoms with van der Waals surface area (Å²) in [7, 11) is 0. The van der Waals surface area contributed by atoms with Crippen LogP contribution < -0.4 is 0 Å². The molecule has 0 unspecified atom stereocenters. The summed E-state index contributed by atoms with van der Waals surface area (Å²) >= 11 is 0. The molecule has 284 valence electrons. The summed E-state index contributed by atoms with van der Waals surface area (Å²) in [6.45, 7) is 0. The molecule has 1 spiro atoms. The Kier molecular flexibility index (Phi) is 8.07. The van der Waals surface area contributed by atoms with Gasteiger partial charge in [0.15, 0.2) is 17.5 Å². The Bertz CT molecular complexity index is 3180. The van der Waals surface area contributed by atoms with Crippen LogP contribution in [0.5, 0.6) is 0 Å². The molecule has 1 aromatic heterocycles.